The first-order valence-electron chi connectivity index (χ1n) is 8.40. The maximum atomic E-state index is 12.9. The van der Waals surface area contributed by atoms with Gasteiger partial charge in [0, 0.05) is 24.0 Å². The number of carbonyl (C=O) groups excluding carboxylic acids is 2. The van der Waals surface area contributed by atoms with E-state index in [1.54, 1.807) is 19.1 Å². The molecule has 0 aliphatic carbocycles. The molecule has 0 bridgehead atoms. The first-order valence-corrected chi connectivity index (χ1v) is 8.40. The minimum Gasteiger partial charge on any atom is -0.632 e. The molecule has 3 aliphatic heterocycles. The van der Waals surface area contributed by atoms with E-state index in [0.29, 0.717) is 18.5 Å². The molecule has 4 atom stereocenters. The lowest BCUT2D eigenvalue weighted by atomic mass is 9.91. The first-order chi connectivity index (χ1) is 11.7. The highest BCUT2D eigenvalue weighted by Gasteiger charge is 2.51. The van der Waals surface area contributed by atoms with Gasteiger partial charge in [0.15, 0.2) is 17.7 Å². The number of hydroxylamine groups is 3. The predicted octanol–water partition coefficient (Wildman–Crippen LogP) is 1.13. The zero-order chi connectivity index (χ0) is 18.4. The van der Waals surface area contributed by atoms with Crippen LogP contribution in [0, 0.1) is 5.21 Å². The maximum Gasteiger partial charge on any atom is 0.342 e. The van der Waals surface area contributed by atoms with Crippen molar-refractivity contribution in [3.8, 4) is 0 Å². The zero-order valence-electron chi connectivity index (χ0n) is 14.5. The second-order valence-corrected chi connectivity index (χ2v) is 7.06. The Hall–Kier alpha value is -1.96. The van der Waals surface area contributed by atoms with Crippen molar-refractivity contribution in [3.05, 3.63) is 40.7 Å². The summed E-state index contributed by atoms with van der Waals surface area (Å²) in [5.74, 6) is -1.38. The molecule has 0 aromatic carbocycles. The average molecular weight is 349 g/mol. The van der Waals surface area contributed by atoms with E-state index in [4.69, 9.17) is 9.47 Å². The molecule has 7 heteroatoms. The van der Waals surface area contributed by atoms with Crippen LogP contribution in [0.1, 0.15) is 26.7 Å². The maximum absolute atomic E-state index is 12.9. The number of nitrogens with zero attached hydrogens (tertiary/aromatic N) is 1. The summed E-state index contributed by atoms with van der Waals surface area (Å²) in [7, 11) is 0. The van der Waals surface area contributed by atoms with Gasteiger partial charge in [-0.15, -0.1) is 0 Å². The van der Waals surface area contributed by atoms with E-state index in [1.165, 1.54) is 6.92 Å². The summed E-state index contributed by atoms with van der Waals surface area (Å²) in [6.45, 7) is 7.22. The highest BCUT2D eigenvalue weighted by Crippen LogP contribution is 2.39. The second kappa shape index (κ2) is 6.09. The quantitative estimate of drug-likeness (QED) is 0.231. The van der Waals surface area contributed by atoms with Gasteiger partial charge in [-0.1, -0.05) is 12.7 Å². The topological polar surface area (TPSA) is 95.9 Å². The Kier molecular flexibility index (Phi) is 4.35. The zero-order valence-corrected chi connectivity index (χ0v) is 14.5. The van der Waals surface area contributed by atoms with Gasteiger partial charge in [-0.3, -0.25) is 0 Å². The van der Waals surface area contributed by atoms with E-state index in [9.17, 15) is 19.9 Å². The van der Waals surface area contributed by atoms with E-state index < -0.39 is 34.3 Å². The summed E-state index contributed by atoms with van der Waals surface area (Å²) in [5.41, 5.74) is -0.841. The third kappa shape index (κ3) is 2.92. The summed E-state index contributed by atoms with van der Waals surface area (Å²) >= 11 is 0. The van der Waals surface area contributed by atoms with Crippen LogP contribution in [0.3, 0.4) is 0 Å². The third-order valence-electron chi connectivity index (χ3n) is 5.42. The van der Waals surface area contributed by atoms with Crippen molar-refractivity contribution in [2.45, 2.75) is 44.4 Å². The highest BCUT2D eigenvalue weighted by atomic mass is 16.6. The van der Waals surface area contributed by atoms with Crippen LogP contribution in [0.25, 0.3) is 0 Å². The van der Waals surface area contributed by atoms with Crippen LogP contribution < -0.4 is 0 Å². The number of hydrogen-bond acceptors (Lipinski definition) is 6. The van der Waals surface area contributed by atoms with E-state index in [0.717, 1.165) is 0 Å². The summed E-state index contributed by atoms with van der Waals surface area (Å²) < 4.78 is 10.4. The van der Waals surface area contributed by atoms with E-state index in [1.807, 2.05) is 0 Å². The van der Waals surface area contributed by atoms with Crippen LogP contribution >= 0.6 is 0 Å². The minimum absolute atomic E-state index is 0.00507. The molecule has 3 aliphatic rings. The average Bonchev–Trinajstić information content (AvgIpc) is 3.05. The number of ether oxygens (including phenoxy) is 2. The number of rotatable bonds is 0. The molecule has 1 N–H and O–H groups in total. The molecule has 2 saturated heterocycles. The molecule has 3 heterocycles. The predicted molar refractivity (Wildman–Crippen MR) is 88.8 cm³/mol. The number of quaternary nitrogens is 1. The standard InChI is InChI=1S/C18H23NO6/c1-4-12-9-11(2)18(3,22)17(21)24-10-13-5-7-19(23)8-6-14(15(13)19)25-16(12)20/h4-5,14-15,22H,2,6-10H2,1,3H3/b12-4+/t14-,15-,18+,19?/m1/s1. The summed E-state index contributed by atoms with van der Waals surface area (Å²) in [6.07, 6.45) is 3.24. The molecule has 136 valence electrons. The third-order valence-corrected chi connectivity index (χ3v) is 5.42. The van der Waals surface area contributed by atoms with Crippen LogP contribution in [-0.4, -0.2) is 59.1 Å². The van der Waals surface area contributed by atoms with Crippen LogP contribution in [-0.2, 0) is 19.1 Å². The normalized spacial score (nSPS) is 40.7. The van der Waals surface area contributed by atoms with Gasteiger partial charge < -0.3 is 24.4 Å². The Morgan fingerprint density at radius 3 is 2.88 bits per heavy atom. The lowest BCUT2D eigenvalue weighted by molar-refractivity contribution is -0.877. The Bertz CT molecular complexity index is 692. The molecule has 0 aromatic rings. The van der Waals surface area contributed by atoms with Crippen molar-refractivity contribution in [3.63, 3.8) is 0 Å². The molecule has 0 radical (unpaired) electrons. The van der Waals surface area contributed by atoms with E-state index in [-0.39, 0.29) is 30.7 Å². The summed E-state index contributed by atoms with van der Waals surface area (Å²) in [4.78, 5) is 24.8. The molecule has 1 unspecified atom stereocenters. The fourth-order valence-electron chi connectivity index (χ4n) is 3.69. The van der Waals surface area contributed by atoms with Crippen molar-refractivity contribution in [2.75, 3.05) is 19.7 Å². The van der Waals surface area contributed by atoms with Gasteiger partial charge in [0.1, 0.15) is 6.61 Å². The van der Waals surface area contributed by atoms with Crippen LogP contribution in [0.5, 0.6) is 0 Å². The highest BCUT2D eigenvalue weighted by molar-refractivity contribution is 5.90. The molecule has 0 saturated carbocycles. The van der Waals surface area contributed by atoms with Crippen molar-refractivity contribution in [1.29, 1.82) is 0 Å². The number of carbonyl (C=O) groups is 2. The Morgan fingerprint density at radius 2 is 2.20 bits per heavy atom. The first kappa shape index (κ1) is 17.8. The number of aliphatic hydroxyl groups is 1. The van der Waals surface area contributed by atoms with Crippen LogP contribution in [0.2, 0.25) is 0 Å². The van der Waals surface area contributed by atoms with E-state index in [2.05, 4.69) is 6.58 Å². The molecular formula is C18H23NO6. The van der Waals surface area contributed by atoms with Gasteiger partial charge in [-0.2, -0.15) is 0 Å². The largest absolute Gasteiger partial charge is 0.632 e. The van der Waals surface area contributed by atoms with Gasteiger partial charge in [0.25, 0.3) is 0 Å². The number of allylic oxidation sites excluding steroid dienone is 1. The molecule has 0 amide bonds. The van der Waals surface area contributed by atoms with Crippen molar-refractivity contribution in [2.24, 2.45) is 0 Å². The lowest BCUT2D eigenvalue weighted by Crippen LogP contribution is -2.48. The molecule has 3 rings (SSSR count). The van der Waals surface area contributed by atoms with Crippen molar-refractivity contribution < 1.29 is 28.8 Å². The molecule has 2 fully saturated rings. The number of hydrogen-bond donors (Lipinski definition) is 1. The van der Waals surface area contributed by atoms with Gasteiger partial charge in [0.2, 0.25) is 0 Å². The van der Waals surface area contributed by atoms with Gasteiger partial charge in [-0.05, 0) is 25.5 Å². The lowest BCUT2D eigenvalue weighted by Gasteiger charge is -2.40. The number of esters is 2. The Balaban J connectivity index is 1.96. The Morgan fingerprint density at radius 1 is 1.48 bits per heavy atom. The SMILES string of the molecule is C=C1C/C(=C\C)C(=O)O[C@@H]2CC[N+]3([O-])CC=C(COC(=O)[C@@]1(C)O)[C@H]23. The molecule has 25 heavy (non-hydrogen) atoms. The molecule has 7 nitrogen and oxygen atoms in total. The summed E-state index contributed by atoms with van der Waals surface area (Å²) in [6, 6.07) is -0.553. The van der Waals surface area contributed by atoms with Gasteiger partial charge in [-0.25, -0.2) is 9.59 Å². The molecule has 0 aromatic heterocycles. The second-order valence-electron chi connectivity index (χ2n) is 7.06. The van der Waals surface area contributed by atoms with Gasteiger partial charge >= 0.3 is 11.9 Å². The van der Waals surface area contributed by atoms with Crippen LogP contribution in [0.4, 0.5) is 0 Å². The van der Waals surface area contributed by atoms with Crippen LogP contribution in [0.15, 0.2) is 35.5 Å². The Labute approximate surface area is 146 Å². The van der Waals surface area contributed by atoms with Crippen molar-refractivity contribution >= 4 is 11.9 Å². The van der Waals surface area contributed by atoms with E-state index >= 15 is 0 Å². The van der Waals surface area contributed by atoms with Gasteiger partial charge in [0.05, 0.1) is 13.1 Å². The molecule has 0 spiro atoms. The summed E-state index contributed by atoms with van der Waals surface area (Å²) in [5, 5.41) is 23.4. The molecular weight excluding hydrogens is 326 g/mol. The van der Waals surface area contributed by atoms with Crippen molar-refractivity contribution in [1.82, 2.24) is 0 Å². The fraction of sp³-hybridized carbons (Fsp3) is 0.556. The smallest absolute Gasteiger partial charge is 0.342 e. The minimum atomic E-state index is -1.93. The fourth-order valence-corrected chi connectivity index (χ4v) is 3.69. The number of cyclic esters (lactones) is 1. The monoisotopic (exact) mass is 349 g/mol.